The maximum atomic E-state index is 12.6. The second kappa shape index (κ2) is 29.0. The van der Waals surface area contributed by atoms with Gasteiger partial charge >= 0.3 is 11.9 Å². The van der Waals surface area contributed by atoms with E-state index in [4.69, 9.17) is 5.11 Å². The largest absolute Gasteiger partial charge is 0.481 e. The highest BCUT2D eigenvalue weighted by Gasteiger charge is 2.42. The number of aliphatic carboxylic acids is 2. The van der Waals surface area contributed by atoms with E-state index >= 15 is 0 Å². The number of carboxylic acids is 2. The summed E-state index contributed by atoms with van der Waals surface area (Å²) < 4.78 is 0. The van der Waals surface area contributed by atoms with Crippen molar-refractivity contribution in [1.29, 1.82) is 0 Å². The SMILES string of the molecule is CCCCCCC(CCCCCC)(C(=O)O)C(C)CCCCCCCCCCCCCCCCCCCCC(=O)O. The fourth-order valence-corrected chi connectivity index (χ4v) is 6.61. The topological polar surface area (TPSA) is 74.6 Å². The van der Waals surface area contributed by atoms with Gasteiger partial charge in [-0.25, -0.2) is 0 Å². The van der Waals surface area contributed by atoms with Crippen LogP contribution in [0.5, 0.6) is 0 Å². The van der Waals surface area contributed by atoms with E-state index in [0.29, 0.717) is 6.42 Å². The lowest BCUT2D eigenvalue weighted by Gasteiger charge is -2.36. The van der Waals surface area contributed by atoms with E-state index in [9.17, 15) is 14.7 Å². The van der Waals surface area contributed by atoms with Crippen molar-refractivity contribution in [2.45, 2.75) is 213 Å². The Morgan fingerprint density at radius 2 is 0.805 bits per heavy atom. The standard InChI is InChI=1S/C37H72O4/c1-4-6-8-28-32-37(36(40)41,33-29-9-7-5-2)34(3)30-26-24-22-20-18-16-14-12-10-11-13-15-17-19-21-23-25-27-31-35(38)39/h34H,4-33H2,1-3H3,(H,38,39)(H,40,41). The summed E-state index contributed by atoms with van der Waals surface area (Å²) in [6.45, 7) is 6.68. The molecule has 1 unspecified atom stereocenters. The van der Waals surface area contributed by atoms with Crippen LogP contribution in [0.2, 0.25) is 0 Å². The number of rotatable bonds is 33. The van der Waals surface area contributed by atoms with Crippen molar-refractivity contribution in [2.24, 2.45) is 11.3 Å². The molecule has 0 radical (unpaired) electrons. The van der Waals surface area contributed by atoms with Crippen molar-refractivity contribution >= 4 is 11.9 Å². The molecule has 0 aliphatic carbocycles. The molecule has 0 aromatic rings. The van der Waals surface area contributed by atoms with Gasteiger partial charge in [0.15, 0.2) is 0 Å². The van der Waals surface area contributed by atoms with Crippen LogP contribution in [-0.2, 0) is 9.59 Å². The van der Waals surface area contributed by atoms with Crippen LogP contribution in [0.3, 0.4) is 0 Å². The van der Waals surface area contributed by atoms with Crippen molar-refractivity contribution in [2.75, 3.05) is 0 Å². The van der Waals surface area contributed by atoms with Crippen molar-refractivity contribution in [3.8, 4) is 0 Å². The molecule has 1 atom stereocenters. The molecule has 0 aliphatic heterocycles. The summed E-state index contributed by atoms with van der Waals surface area (Å²) >= 11 is 0. The Hall–Kier alpha value is -1.06. The maximum absolute atomic E-state index is 12.6. The van der Waals surface area contributed by atoms with E-state index in [1.165, 1.54) is 141 Å². The summed E-state index contributed by atoms with van der Waals surface area (Å²) in [5, 5.41) is 19.0. The minimum atomic E-state index is -0.663. The van der Waals surface area contributed by atoms with Gasteiger partial charge in [0.1, 0.15) is 0 Å². The number of carboxylic acid groups (broad SMARTS) is 2. The van der Waals surface area contributed by atoms with Gasteiger partial charge in [-0.2, -0.15) is 0 Å². The van der Waals surface area contributed by atoms with Gasteiger partial charge in [0, 0.05) is 6.42 Å². The molecule has 0 heterocycles. The molecular weight excluding hydrogens is 508 g/mol. The Bertz CT molecular complexity index is 575. The molecule has 4 heteroatoms. The second-order valence-corrected chi connectivity index (χ2v) is 13.3. The Balaban J connectivity index is 3.85. The molecule has 0 fully saturated rings. The minimum absolute atomic E-state index is 0.277. The van der Waals surface area contributed by atoms with Crippen molar-refractivity contribution in [3.05, 3.63) is 0 Å². The first-order valence-electron chi connectivity index (χ1n) is 18.4. The van der Waals surface area contributed by atoms with Crippen LogP contribution >= 0.6 is 0 Å². The normalized spacial score (nSPS) is 12.6. The quantitative estimate of drug-likeness (QED) is 0.0757. The Labute approximate surface area is 256 Å². The van der Waals surface area contributed by atoms with Gasteiger partial charge in [0.2, 0.25) is 0 Å². The predicted molar refractivity (Wildman–Crippen MR) is 177 cm³/mol. The molecule has 0 saturated carbocycles. The zero-order chi connectivity index (χ0) is 30.4. The highest BCUT2D eigenvalue weighted by molar-refractivity contribution is 5.75. The van der Waals surface area contributed by atoms with E-state index in [1.54, 1.807) is 0 Å². The van der Waals surface area contributed by atoms with E-state index in [2.05, 4.69) is 20.8 Å². The van der Waals surface area contributed by atoms with E-state index in [1.807, 2.05) is 0 Å². The van der Waals surface area contributed by atoms with Crippen molar-refractivity contribution < 1.29 is 19.8 Å². The lowest BCUT2D eigenvalue weighted by molar-refractivity contribution is -0.154. The molecular formula is C37H72O4. The van der Waals surface area contributed by atoms with Crippen molar-refractivity contribution in [1.82, 2.24) is 0 Å². The van der Waals surface area contributed by atoms with Gasteiger partial charge in [-0.15, -0.1) is 0 Å². The molecule has 0 amide bonds. The first kappa shape index (κ1) is 39.9. The Morgan fingerprint density at radius 1 is 0.488 bits per heavy atom. The molecule has 41 heavy (non-hydrogen) atoms. The maximum Gasteiger partial charge on any atom is 0.309 e. The highest BCUT2D eigenvalue weighted by atomic mass is 16.4. The minimum Gasteiger partial charge on any atom is -0.481 e. The molecule has 2 N–H and O–H groups in total. The van der Waals surface area contributed by atoms with Gasteiger partial charge in [-0.3, -0.25) is 9.59 Å². The zero-order valence-electron chi connectivity index (χ0n) is 28.0. The van der Waals surface area contributed by atoms with Crippen molar-refractivity contribution in [3.63, 3.8) is 0 Å². The van der Waals surface area contributed by atoms with Gasteiger partial charge in [0.05, 0.1) is 5.41 Å². The summed E-state index contributed by atoms with van der Waals surface area (Å²) in [7, 11) is 0. The molecule has 0 spiro atoms. The smallest absolute Gasteiger partial charge is 0.309 e. The molecule has 244 valence electrons. The molecule has 4 nitrogen and oxygen atoms in total. The predicted octanol–water partition coefficient (Wildman–Crippen LogP) is 12.5. The van der Waals surface area contributed by atoms with Gasteiger partial charge in [0.25, 0.3) is 0 Å². The first-order chi connectivity index (χ1) is 19.9. The number of hydrogen-bond acceptors (Lipinski definition) is 2. The summed E-state index contributed by atoms with van der Waals surface area (Å²) in [6, 6.07) is 0. The number of hydrogen-bond donors (Lipinski definition) is 2. The molecule has 0 rings (SSSR count). The lowest BCUT2D eigenvalue weighted by Crippen LogP contribution is -2.38. The third kappa shape index (κ3) is 23.1. The average Bonchev–Trinajstić information content (AvgIpc) is 2.94. The molecule has 0 aromatic heterocycles. The van der Waals surface area contributed by atoms with Crippen LogP contribution in [-0.4, -0.2) is 22.2 Å². The van der Waals surface area contributed by atoms with Crippen LogP contribution in [0.4, 0.5) is 0 Å². The zero-order valence-corrected chi connectivity index (χ0v) is 28.0. The van der Waals surface area contributed by atoms with Gasteiger partial charge in [-0.05, 0) is 31.6 Å². The fourth-order valence-electron chi connectivity index (χ4n) is 6.61. The average molecular weight is 581 g/mol. The fraction of sp³-hybridized carbons (Fsp3) is 0.946. The Morgan fingerprint density at radius 3 is 1.12 bits per heavy atom. The third-order valence-electron chi connectivity index (χ3n) is 9.60. The lowest BCUT2D eigenvalue weighted by atomic mass is 9.67. The van der Waals surface area contributed by atoms with E-state index in [-0.39, 0.29) is 5.92 Å². The van der Waals surface area contributed by atoms with E-state index in [0.717, 1.165) is 44.9 Å². The first-order valence-corrected chi connectivity index (χ1v) is 18.4. The van der Waals surface area contributed by atoms with Crippen LogP contribution < -0.4 is 0 Å². The molecule has 0 bridgehead atoms. The summed E-state index contributed by atoms with van der Waals surface area (Å²) in [5.74, 6) is -0.915. The second-order valence-electron chi connectivity index (χ2n) is 13.3. The molecule has 0 aromatic carbocycles. The summed E-state index contributed by atoms with van der Waals surface area (Å²) in [4.78, 5) is 23.1. The van der Waals surface area contributed by atoms with Crippen LogP contribution in [0.1, 0.15) is 213 Å². The molecule has 0 saturated heterocycles. The monoisotopic (exact) mass is 581 g/mol. The van der Waals surface area contributed by atoms with Gasteiger partial charge in [-0.1, -0.05) is 181 Å². The van der Waals surface area contributed by atoms with E-state index < -0.39 is 17.4 Å². The number of unbranched alkanes of at least 4 members (excludes halogenated alkanes) is 23. The van der Waals surface area contributed by atoms with Crippen LogP contribution in [0.25, 0.3) is 0 Å². The van der Waals surface area contributed by atoms with Crippen LogP contribution in [0, 0.1) is 11.3 Å². The number of carbonyl (C=O) groups is 2. The Kier molecular flexibility index (Phi) is 28.3. The molecule has 0 aliphatic rings. The van der Waals surface area contributed by atoms with Gasteiger partial charge < -0.3 is 10.2 Å². The third-order valence-corrected chi connectivity index (χ3v) is 9.60. The summed E-state index contributed by atoms with van der Waals surface area (Å²) in [6.07, 6.45) is 35.5. The van der Waals surface area contributed by atoms with Crippen LogP contribution in [0.15, 0.2) is 0 Å². The highest BCUT2D eigenvalue weighted by Crippen LogP contribution is 2.42. The summed E-state index contributed by atoms with van der Waals surface area (Å²) in [5.41, 5.74) is -0.508.